The molecule has 142 valence electrons. The van der Waals surface area contributed by atoms with Crippen LogP contribution < -0.4 is 11.1 Å². The number of methoxy groups -OCH3 is 1. The Balaban J connectivity index is 1.54. The molecule has 1 aliphatic heterocycles. The minimum Gasteiger partial charge on any atom is -0.384 e. The summed E-state index contributed by atoms with van der Waals surface area (Å²) < 4.78 is 5.94. The van der Waals surface area contributed by atoms with Crippen molar-refractivity contribution < 1.29 is 4.74 Å². The zero-order valence-electron chi connectivity index (χ0n) is 15.8. The Morgan fingerprint density at radius 3 is 2.50 bits per heavy atom. The van der Waals surface area contributed by atoms with Crippen LogP contribution in [0.15, 0.2) is 48.8 Å². The van der Waals surface area contributed by atoms with Gasteiger partial charge in [-0.15, -0.1) is 0 Å². The lowest BCUT2D eigenvalue weighted by molar-refractivity contribution is -0.0391. The van der Waals surface area contributed by atoms with Crippen LogP contribution in [0.2, 0.25) is 0 Å². The summed E-state index contributed by atoms with van der Waals surface area (Å²) in [5.41, 5.74) is 10.9. The molecule has 0 aliphatic carbocycles. The lowest BCUT2D eigenvalue weighted by Gasteiger charge is -2.37. The monoisotopic (exact) mass is 373 g/mol. The van der Waals surface area contributed by atoms with Crippen molar-refractivity contribution in [1.82, 2.24) is 20.3 Å². The van der Waals surface area contributed by atoms with Gasteiger partial charge in [0.1, 0.15) is 11.5 Å². The highest BCUT2D eigenvalue weighted by Gasteiger charge is 2.33. The number of aromatic amines is 1. The predicted molar refractivity (Wildman–Crippen MR) is 112 cm³/mol. The average Bonchev–Trinajstić information content (AvgIpc) is 3.11. The Labute approximate surface area is 163 Å². The fraction of sp³-hybridized carbons (Fsp3) is 0.273. The summed E-state index contributed by atoms with van der Waals surface area (Å²) in [7, 11) is 1.81. The van der Waals surface area contributed by atoms with Crippen molar-refractivity contribution in [2.45, 2.75) is 18.4 Å². The third-order valence-corrected chi connectivity index (χ3v) is 5.90. The van der Waals surface area contributed by atoms with E-state index in [-0.39, 0.29) is 5.60 Å². The zero-order valence-corrected chi connectivity index (χ0v) is 15.8. The van der Waals surface area contributed by atoms with Crippen LogP contribution in [0.5, 0.6) is 0 Å². The van der Waals surface area contributed by atoms with E-state index in [1.54, 1.807) is 6.20 Å². The van der Waals surface area contributed by atoms with E-state index >= 15 is 0 Å². The minimum atomic E-state index is -0.187. The van der Waals surface area contributed by atoms with E-state index in [1.807, 2.05) is 19.4 Å². The van der Waals surface area contributed by atoms with Gasteiger partial charge in [0.2, 0.25) is 0 Å². The Morgan fingerprint density at radius 1 is 0.964 bits per heavy atom. The van der Waals surface area contributed by atoms with Gasteiger partial charge in [-0.05, 0) is 49.2 Å². The molecule has 6 heteroatoms. The van der Waals surface area contributed by atoms with Crippen LogP contribution in [-0.2, 0) is 10.3 Å². The molecule has 4 heterocycles. The van der Waals surface area contributed by atoms with Crippen LogP contribution in [0.1, 0.15) is 18.4 Å². The highest BCUT2D eigenvalue weighted by atomic mass is 16.5. The molecular weight excluding hydrogens is 350 g/mol. The van der Waals surface area contributed by atoms with E-state index < -0.39 is 0 Å². The first-order valence-corrected chi connectivity index (χ1v) is 9.58. The maximum Gasteiger partial charge on any atom is 0.138 e. The molecule has 5 rings (SSSR count). The molecule has 0 spiro atoms. The van der Waals surface area contributed by atoms with Crippen LogP contribution in [-0.4, -0.2) is 35.2 Å². The molecule has 4 aromatic rings. The number of nitrogens with one attached hydrogen (secondary N) is 2. The van der Waals surface area contributed by atoms with Crippen molar-refractivity contribution in [3.63, 3.8) is 0 Å². The van der Waals surface area contributed by atoms with Crippen molar-refractivity contribution in [3.05, 3.63) is 54.4 Å². The van der Waals surface area contributed by atoms with Crippen molar-refractivity contribution in [3.8, 4) is 11.1 Å². The number of anilines is 1. The maximum atomic E-state index is 5.94. The fourth-order valence-corrected chi connectivity index (χ4v) is 4.26. The van der Waals surface area contributed by atoms with Gasteiger partial charge in [0, 0.05) is 29.6 Å². The second-order valence-corrected chi connectivity index (χ2v) is 7.43. The molecule has 1 fully saturated rings. The number of hydrogen-bond donors (Lipinski definition) is 3. The molecule has 1 aromatic carbocycles. The lowest BCUT2D eigenvalue weighted by atomic mass is 9.84. The van der Waals surface area contributed by atoms with Gasteiger partial charge in [-0.3, -0.25) is 0 Å². The molecule has 4 N–H and O–H groups in total. The topological polar surface area (TPSA) is 88.8 Å². The molecule has 0 amide bonds. The van der Waals surface area contributed by atoms with E-state index in [0.717, 1.165) is 59.0 Å². The first-order valence-electron chi connectivity index (χ1n) is 9.58. The third kappa shape index (κ3) is 2.73. The molecular formula is C22H23N5O. The second-order valence-electron chi connectivity index (χ2n) is 7.43. The number of nitrogen functional groups attached to an aromatic ring is 1. The minimum absolute atomic E-state index is 0.187. The molecule has 0 atom stereocenters. The van der Waals surface area contributed by atoms with E-state index in [0.29, 0.717) is 5.82 Å². The van der Waals surface area contributed by atoms with Crippen LogP contribution in [0.25, 0.3) is 33.1 Å². The lowest BCUT2D eigenvalue weighted by Crippen LogP contribution is -2.41. The summed E-state index contributed by atoms with van der Waals surface area (Å²) in [6.45, 7) is 1.96. The van der Waals surface area contributed by atoms with Gasteiger partial charge in [0.05, 0.1) is 17.3 Å². The number of pyridine rings is 2. The molecule has 0 saturated carbocycles. The van der Waals surface area contributed by atoms with Gasteiger partial charge in [0.25, 0.3) is 0 Å². The number of ether oxygens (including phenoxy) is 1. The fourth-order valence-electron chi connectivity index (χ4n) is 4.26. The van der Waals surface area contributed by atoms with E-state index in [4.69, 9.17) is 10.5 Å². The van der Waals surface area contributed by atoms with E-state index in [1.165, 1.54) is 5.56 Å². The van der Waals surface area contributed by atoms with Crippen molar-refractivity contribution in [1.29, 1.82) is 0 Å². The number of piperidine rings is 1. The number of hydrogen-bond acceptors (Lipinski definition) is 5. The Morgan fingerprint density at radius 2 is 1.75 bits per heavy atom. The molecule has 1 saturated heterocycles. The number of nitrogens with two attached hydrogens (primary N) is 1. The summed E-state index contributed by atoms with van der Waals surface area (Å²) in [5.74, 6) is 0.509. The molecule has 28 heavy (non-hydrogen) atoms. The van der Waals surface area contributed by atoms with Gasteiger partial charge in [-0.2, -0.15) is 0 Å². The maximum absolute atomic E-state index is 5.94. The zero-order chi connectivity index (χ0) is 19.1. The molecule has 1 aliphatic rings. The number of H-pyrrole nitrogens is 1. The number of rotatable bonds is 3. The first-order chi connectivity index (χ1) is 13.7. The first kappa shape index (κ1) is 17.2. The Hall–Kier alpha value is -2.96. The van der Waals surface area contributed by atoms with Crippen molar-refractivity contribution in [2.24, 2.45) is 0 Å². The quantitative estimate of drug-likeness (QED) is 0.511. The average molecular weight is 373 g/mol. The highest BCUT2D eigenvalue weighted by Crippen LogP contribution is 2.36. The smallest absolute Gasteiger partial charge is 0.138 e. The standard InChI is InChI=1S/C22H23N5O/c1-28-22(6-8-24-9-7-22)16-4-2-14(3-5-16)15-10-18-17-11-20(23)25-13-19(17)27-21(18)26-12-15/h2-5,10-13,24H,6-9H2,1H3,(H2,23,25)(H,26,27). The molecule has 3 aromatic heterocycles. The van der Waals surface area contributed by atoms with Crippen LogP contribution in [0.4, 0.5) is 5.82 Å². The van der Waals surface area contributed by atoms with Gasteiger partial charge >= 0.3 is 0 Å². The summed E-state index contributed by atoms with van der Waals surface area (Å²) in [6.07, 6.45) is 5.63. The van der Waals surface area contributed by atoms with Gasteiger partial charge in [-0.1, -0.05) is 24.3 Å². The van der Waals surface area contributed by atoms with Crippen molar-refractivity contribution in [2.75, 3.05) is 25.9 Å². The van der Waals surface area contributed by atoms with Crippen LogP contribution in [0, 0.1) is 0 Å². The molecule has 0 unspecified atom stereocenters. The van der Waals surface area contributed by atoms with Gasteiger partial charge in [-0.25, -0.2) is 9.97 Å². The van der Waals surface area contributed by atoms with Crippen LogP contribution in [0.3, 0.4) is 0 Å². The largest absolute Gasteiger partial charge is 0.384 e. The Bertz CT molecular complexity index is 1140. The number of fused-ring (bicyclic) bond motifs is 3. The Kier molecular flexibility index (Phi) is 4.03. The normalized spacial score (nSPS) is 16.6. The van der Waals surface area contributed by atoms with Crippen molar-refractivity contribution >= 4 is 27.8 Å². The molecule has 6 nitrogen and oxygen atoms in total. The van der Waals surface area contributed by atoms with Gasteiger partial charge in [0.15, 0.2) is 0 Å². The van der Waals surface area contributed by atoms with E-state index in [2.05, 4.69) is 50.6 Å². The molecule has 0 bridgehead atoms. The third-order valence-electron chi connectivity index (χ3n) is 5.90. The summed E-state index contributed by atoms with van der Waals surface area (Å²) in [5, 5.41) is 5.51. The van der Waals surface area contributed by atoms with E-state index in [9.17, 15) is 0 Å². The predicted octanol–water partition coefficient (Wildman–Crippen LogP) is 3.59. The van der Waals surface area contributed by atoms with Crippen LogP contribution >= 0.6 is 0 Å². The van der Waals surface area contributed by atoms with Gasteiger partial charge < -0.3 is 20.8 Å². The number of aromatic nitrogens is 3. The number of nitrogens with zero attached hydrogens (tertiary/aromatic N) is 2. The SMILES string of the molecule is COC1(c2ccc(-c3cnc4[nH]c5cnc(N)cc5c4c3)cc2)CCNCC1. The summed E-state index contributed by atoms with van der Waals surface area (Å²) >= 11 is 0. The number of benzene rings is 1. The molecule has 0 radical (unpaired) electrons. The summed E-state index contributed by atoms with van der Waals surface area (Å²) in [4.78, 5) is 12.1. The summed E-state index contributed by atoms with van der Waals surface area (Å²) in [6, 6.07) is 12.7. The second kappa shape index (κ2) is 6.58. The highest BCUT2D eigenvalue weighted by molar-refractivity contribution is 6.07.